The van der Waals surface area contributed by atoms with E-state index < -0.39 is 0 Å². The first-order chi connectivity index (χ1) is 9.06. The number of nitrogens with zero attached hydrogens (tertiary/aromatic N) is 1. The Hall–Kier alpha value is -0.380. The normalized spacial score (nSPS) is 17.2. The first-order valence-corrected chi connectivity index (χ1v) is 8.03. The molecule has 1 aliphatic rings. The van der Waals surface area contributed by atoms with Crippen LogP contribution in [0.25, 0.3) is 0 Å². The van der Waals surface area contributed by atoms with Crippen molar-refractivity contribution in [2.75, 3.05) is 13.1 Å². The zero-order valence-corrected chi connectivity index (χ0v) is 13.4. The molecule has 1 aliphatic carbocycles. The molecule has 3 heteroatoms. The highest BCUT2D eigenvalue weighted by molar-refractivity contribution is 9.10. The highest BCUT2D eigenvalue weighted by Crippen LogP contribution is 2.30. The average molecular weight is 326 g/mol. The van der Waals surface area contributed by atoms with Gasteiger partial charge < -0.3 is 10.0 Å². The standard InChI is InChI=1S/C16H24BrNO/c1-12(2)18(11-13-6-7-13)9-8-16(19)14-4-3-5-15(17)10-14/h3-5,10,12-13,16,19H,6-9,11H2,1-2H3. The second kappa shape index (κ2) is 6.87. The Morgan fingerprint density at radius 1 is 1.37 bits per heavy atom. The van der Waals surface area contributed by atoms with E-state index in [1.54, 1.807) is 0 Å². The molecular formula is C16H24BrNO. The summed E-state index contributed by atoms with van der Waals surface area (Å²) in [5.41, 5.74) is 1.00. The summed E-state index contributed by atoms with van der Waals surface area (Å²) in [7, 11) is 0. The number of halogens is 1. The van der Waals surface area contributed by atoms with Crippen LogP contribution in [0, 0.1) is 5.92 Å². The lowest BCUT2D eigenvalue weighted by Crippen LogP contribution is -2.34. The fourth-order valence-electron chi connectivity index (χ4n) is 2.36. The molecule has 0 spiro atoms. The quantitative estimate of drug-likeness (QED) is 0.819. The van der Waals surface area contributed by atoms with Crippen LogP contribution < -0.4 is 0 Å². The summed E-state index contributed by atoms with van der Waals surface area (Å²) in [5.74, 6) is 0.908. The van der Waals surface area contributed by atoms with E-state index in [1.807, 2.05) is 24.3 Å². The van der Waals surface area contributed by atoms with Crippen molar-refractivity contribution in [3.63, 3.8) is 0 Å². The second-order valence-electron chi connectivity index (χ2n) is 5.89. The third-order valence-corrected chi connectivity index (χ3v) is 4.34. The first kappa shape index (κ1) is 15.0. The molecule has 1 aromatic rings. The van der Waals surface area contributed by atoms with E-state index in [9.17, 15) is 5.11 Å². The van der Waals surface area contributed by atoms with Gasteiger partial charge in [0.05, 0.1) is 6.10 Å². The van der Waals surface area contributed by atoms with Crippen LogP contribution in [0.1, 0.15) is 44.8 Å². The van der Waals surface area contributed by atoms with Crippen LogP contribution >= 0.6 is 15.9 Å². The lowest BCUT2D eigenvalue weighted by molar-refractivity contribution is 0.127. The summed E-state index contributed by atoms with van der Waals surface area (Å²) < 4.78 is 1.03. The summed E-state index contributed by atoms with van der Waals surface area (Å²) >= 11 is 3.45. The summed E-state index contributed by atoms with van der Waals surface area (Å²) in [6, 6.07) is 8.54. The second-order valence-corrected chi connectivity index (χ2v) is 6.81. The van der Waals surface area contributed by atoms with Crippen LogP contribution in [-0.2, 0) is 0 Å². The predicted molar refractivity (Wildman–Crippen MR) is 83.2 cm³/mol. The molecule has 0 saturated heterocycles. The van der Waals surface area contributed by atoms with E-state index in [0.29, 0.717) is 6.04 Å². The maximum Gasteiger partial charge on any atom is 0.0802 e. The van der Waals surface area contributed by atoms with E-state index in [1.165, 1.54) is 19.4 Å². The van der Waals surface area contributed by atoms with E-state index in [0.717, 1.165) is 28.9 Å². The minimum absolute atomic E-state index is 0.363. The zero-order valence-electron chi connectivity index (χ0n) is 11.8. The summed E-state index contributed by atoms with van der Waals surface area (Å²) in [6.45, 7) is 6.66. The predicted octanol–water partition coefficient (Wildman–Crippen LogP) is 3.99. The Morgan fingerprint density at radius 3 is 2.68 bits per heavy atom. The number of aliphatic hydroxyl groups excluding tert-OH is 1. The molecule has 1 N–H and O–H groups in total. The van der Waals surface area contributed by atoms with Gasteiger partial charge in [-0.1, -0.05) is 28.1 Å². The average Bonchev–Trinajstić information content (AvgIpc) is 3.17. The van der Waals surface area contributed by atoms with Gasteiger partial charge in [-0.3, -0.25) is 0 Å². The Kier molecular flexibility index (Phi) is 5.43. The van der Waals surface area contributed by atoms with E-state index in [4.69, 9.17) is 0 Å². The zero-order chi connectivity index (χ0) is 13.8. The molecular weight excluding hydrogens is 302 g/mol. The molecule has 0 bridgehead atoms. The molecule has 1 saturated carbocycles. The molecule has 2 rings (SSSR count). The van der Waals surface area contributed by atoms with Crippen LogP contribution in [0.4, 0.5) is 0 Å². The van der Waals surface area contributed by atoms with Crippen molar-refractivity contribution in [2.45, 2.75) is 45.3 Å². The molecule has 0 heterocycles. The molecule has 1 aromatic carbocycles. The SMILES string of the molecule is CC(C)N(CCC(O)c1cccc(Br)c1)CC1CC1. The van der Waals surface area contributed by atoms with Crippen LogP contribution in [0.15, 0.2) is 28.7 Å². The highest BCUT2D eigenvalue weighted by Gasteiger charge is 2.25. The van der Waals surface area contributed by atoms with Crippen molar-refractivity contribution in [3.8, 4) is 0 Å². The monoisotopic (exact) mass is 325 g/mol. The fourth-order valence-corrected chi connectivity index (χ4v) is 2.78. The van der Waals surface area contributed by atoms with Crippen LogP contribution in [0.2, 0.25) is 0 Å². The van der Waals surface area contributed by atoms with Crippen molar-refractivity contribution in [1.82, 2.24) is 4.90 Å². The van der Waals surface area contributed by atoms with Gasteiger partial charge in [0.1, 0.15) is 0 Å². The molecule has 0 amide bonds. The molecule has 0 aliphatic heterocycles. The molecule has 1 atom stereocenters. The van der Waals surface area contributed by atoms with Crippen LogP contribution in [0.5, 0.6) is 0 Å². The molecule has 106 valence electrons. The van der Waals surface area contributed by atoms with Gasteiger partial charge in [0.15, 0.2) is 0 Å². The molecule has 2 nitrogen and oxygen atoms in total. The number of aliphatic hydroxyl groups is 1. The van der Waals surface area contributed by atoms with Gasteiger partial charge in [-0.15, -0.1) is 0 Å². The van der Waals surface area contributed by atoms with Crippen LogP contribution in [0.3, 0.4) is 0 Å². The van der Waals surface area contributed by atoms with Crippen molar-refractivity contribution in [2.24, 2.45) is 5.92 Å². The molecule has 1 unspecified atom stereocenters. The smallest absolute Gasteiger partial charge is 0.0802 e. The van der Waals surface area contributed by atoms with Gasteiger partial charge >= 0.3 is 0 Å². The Bertz CT molecular complexity index is 403. The molecule has 0 aromatic heterocycles. The van der Waals surface area contributed by atoms with Gasteiger partial charge in [0.25, 0.3) is 0 Å². The van der Waals surface area contributed by atoms with Gasteiger partial charge in [0, 0.05) is 23.6 Å². The number of hydrogen-bond acceptors (Lipinski definition) is 2. The number of rotatable bonds is 7. The topological polar surface area (TPSA) is 23.5 Å². The maximum atomic E-state index is 10.3. The lowest BCUT2D eigenvalue weighted by Gasteiger charge is -2.27. The van der Waals surface area contributed by atoms with Crippen molar-refractivity contribution in [3.05, 3.63) is 34.3 Å². The summed E-state index contributed by atoms with van der Waals surface area (Å²) in [6.07, 6.45) is 3.22. The number of benzene rings is 1. The fraction of sp³-hybridized carbons (Fsp3) is 0.625. The van der Waals surface area contributed by atoms with E-state index >= 15 is 0 Å². The third kappa shape index (κ3) is 4.90. The van der Waals surface area contributed by atoms with Crippen LogP contribution in [-0.4, -0.2) is 29.1 Å². The van der Waals surface area contributed by atoms with Gasteiger partial charge in [0.2, 0.25) is 0 Å². The summed E-state index contributed by atoms with van der Waals surface area (Å²) in [5, 5.41) is 10.3. The Morgan fingerprint density at radius 2 is 2.11 bits per heavy atom. The summed E-state index contributed by atoms with van der Waals surface area (Å²) in [4.78, 5) is 2.50. The Labute approximate surface area is 124 Å². The van der Waals surface area contributed by atoms with E-state index in [2.05, 4.69) is 34.7 Å². The maximum absolute atomic E-state index is 10.3. The molecule has 19 heavy (non-hydrogen) atoms. The van der Waals surface area contributed by atoms with Crippen molar-refractivity contribution >= 4 is 15.9 Å². The minimum atomic E-state index is -0.363. The van der Waals surface area contributed by atoms with Crippen molar-refractivity contribution in [1.29, 1.82) is 0 Å². The minimum Gasteiger partial charge on any atom is -0.388 e. The first-order valence-electron chi connectivity index (χ1n) is 7.24. The lowest BCUT2D eigenvalue weighted by atomic mass is 10.1. The van der Waals surface area contributed by atoms with Gasteiger partial charge in [-0.2, -0.15) is 0 Å². The number of hydrogen-bond donors (Lipinski definition) is 1. The van der Waals surface area contributed by atoms with E-state index in [-0.39, 0.29) is 6.10 Å². The Balaban J connectivity index is 1.85. The third-order valence-electron chi connectivity index (χ3n) is 3.84. The largest absolute Gasteiger partial charge is 0.388 e. The van der Waals surface area contributed by atoms with Gasteiger partial charge in [-0.25, -0.2) is 0 Å². The molecule has 0 radical (unpaired) electrons. The van der Waals surface area contributed by atoms with Gasteiger partial charge in [-0.05, 0) is 56.7 Å². The highest BCUT2D eigenvalue weighted by atomic mass is 79.9. The van der Waals surface area contributed by atoms with Crippen molar-refractivity contribution < 1.29 is 5.11 Å². The molecule has 1 fully saturated rings.